The fourth-order valence-corrected chi connectivity index (χ4v) is 1.81. The number of rotatable bonds is 2. The summed E-state index contributed by atoms with van der Waals surface area (Å²) in [5, 5.41) is 0. The van der Waals surface area contributed by atoms with Crippen molar-refractivity contribution in [1.82, 2.24) is 0 Å². The van der Waals surface area contributed by atoms with Crippen LogP contribution in [0.3, 0.4) is 0 Å². The van der Waals surface area contributed by atoms with E-state index in [2.05, 4.69) is 12.6 Å². The molecule has 1 aliphatic rings. The normalized spacial score (nSPS) is 21.6. The first-order chi connectivity index (χ1) is 5.19. The highest BCUT2D eigenvalue weighted by molar-refractivity contribution is 7.82. The van der Waals surface area contributed by atoms with E-state index in [1.54, 1.807) is 0 Å². The smallest absolute Gasteiger partial charge is 0.321 e. The van der Waals surface area contributed by atoms with Gasteiger partial charge < -0.3 is 4.74 Å². The third-order valence-corrected chi connectivity index (χ3v) is 2.72. The van der Waals surface area contributed by atoms with Crippen molar-refractivity contribution in [2.45, 2.75) is 37.4 Å². The van der Waals surface area contributed by atoms with E-state index in [0.29, 0.717) is 6.61 Å². The molecular weight excluding hydrogens is 160 g/mol. The minimum atomic E-state index is -0.462. The Morgan fingerprint density at radius 3 is 2.55 bits per heavy atom. The fraction of sp³-hybridized carbons (Fsp3) is 0.875. The second-order valence-corrected chi connectivity index (χ2v) is 3.82. The summed E-state index contributed by atoms with van der Waals surface area (Å²) in [4.78, 5) is 11.3. The SMILES string of the molecule is CCOC(=O)C1(S)CCCC1. The molecule has 0 amide bonds. The van der Waals surface area contributed by atoms with Crippen LogP contribution in [0, 0.1) is 0 Å². The van der Waals surface area contributed by atoms with Gasteiger partial charge >= 0.3 is 5.97 Å². The Hall–Kier alpha value is -0.180. The van der Waals surface area contributed by atoms with E-state index in [1.165, 1.54) is 0 Å². The molecule has 0 bridgehead atoms. The Labute approximate surface area is 72.7 Å². The van der Waals surface area contributed by atoms with Crippen LogP contribution in [0.5, 0.6) is 0 Å². The van der Waals surface area contributed by atoms with E-state index in [-0.39, 0.29) is 5.97 Å². The fourth-order valence-electron chi connectivity index (χ4n) is 1.43. The number of carbonyl (C=O) groups is 1. The highest BCUT2D eigenvalue weighted by Gasteiger charge is 2.38. The van der Waals surface area contributed by atoms with Crippen LogP contribution in [0.2, 0.25) is 0 Å². The highest BCUT2D eigenvalue weighted by atomic mass is 32.1. The predicted octanol–water partition coefficient (Wildman–Crippen LogP) is 1.79. The number of thiol groups is 1. The minimum Gasteiger partial charge on any atom is -0.465 e. The summed E-state index contributed by atoms with van der Waals surface area (Å²) >= 11 is 4.34. The van der Waals surface area contributed by atoms with Gasteiger partial charge in [-0.1, -0.05) is 12.8 Å². The maximum absolute atomic E-state index is 11.3. The van der Waals surface area contributed by atoms with Gasteiger partial charge in [-0.25, -0.2) is 0 Å². The molecule has 0 aromatic rings. The van der Waals surface area contributed by atoms with Crippen molar-refractivity contribution < 1.29 is 9.53 Å². The first-order valence-corrected chi connectivity index (χ1v) is 4.53. The third kappa shape index (κ3) is 1.89. The summed E-state index contributed by atoms with van der Waals surface area (Å²) in [7, 11) is 0. The van der Waals surface area contributed by atoms with Crippen molar-refractivity contribution in [1.29, 1.82) is 0 Å². The lowest BCUT2D eigenvalue weighted by Gasteiger charge is -2.19. The minimum absolute atomic E-state index is 0.138. The zero-order valence-corrected chi connectivity index (χ0v) is 7.69. The molecular formula is C8H14O2S. The summed E-state index contributed by atoms with van der Waals surface area (Å²) in [5.74, 6) is -0.138. The van der Waals surface area contributed by atoms with E-state index in [9.17, 15) is 4.79 Å². The van der Waals surface area contributed by atoms with Gasteiger partial charge in [0, 0.05) is 0 Å². The molecule has 0 heterocycles. The van der Waals surface area contributed by atoms with Gasteiger partial charge in [-0.3, -0.25) is 4.79 Å². The molecule has 0 aliphatic heterocycles. The summed E-state index contributed by atoms with van der Waals surface area (Å²) in [5.41, 5.74) is 0. The van der Waals surface area contributed by atoms with Crippen LogP contribution in [0.25, 0.3) is 0 Å². The Morgan fingerprint density at radius 2 is 2.09 bits per heavy atom. The van der Waals surface area contributed by atoms with Gasteiger partial charge in [0.25, 0.3) is 0 Å². The van der Waals surface area contributed by atoms with Crippen LogP contribution >= 0.6 is 12.6 Å². The highest BCUT2D eigenvalue weighted by Crippen LogP contribution is 2.36. The van der Waals surface area contributed by atoms with Crippen LogP contribution in [-0.2, 0) is 9.53 Å². The van der Waals surface area contributed by atoms with Gasteiger partial charge in [0.1, 0.15) is 4.75 Å². The molecule has 64 valence electrons. The number of hydrogen-bond donors (Lipinski definition) is 1. The van der Waals surface area contributed by atoms with Crippen molar-refractivity contribution in [2.75, 3.05) is 6.61 Å². The van der Waals surface area contributed by atoms with Crippen molar-refractivity contribution in [2.24, 2.45) is 0 Å². The maximum atomic E-state index is 11.3. The first-order valence-electron chi connectivity index (χ1n) is 4.08. The van der Waals surface area contributed by atoms with Crippen LogP contribution < -0.4 is 0 Å². The maximum Gasteiger partial charge on any atom is 0.321 e. The Morgan fingerprint density at radius 1 is 1.55 bits per heavy atom. The van der Waals surface area contributed by atoms with Crippen molar-refractivity contribution in [3.8, 4) is 0 Å². The summed E-state index contributed by atoms with van der Waals surface area (Å²) in [6.45, 7) is 2.28. The monoisotopic (exact) mass is 174 g/mol. The number of carbonyl (C=O) groups excluding carboxylic acids is 1. The van der Waals surface area contributed by atoms with Crippen LogP contribution in [0.4, 0.5) is 0 Å². The quantitative estimate of drug-likeness (QED) is 0.510. The van der Waals surface area contributed by atoms with E-state index >= 15 is 0 Å². The topological polar surface area (TPSA) is 26.3 Å². The molecule has 0 atom stereocenters. The molecule has 11 heavy (non-hydrogen) atoms. The molecule has 0 saturated heterocycles. The Bertz CT molecular complexity index is 150. The average molecular weight is 174 g/mol. The molecule has 0 unspecified atom stereocenters. The third-order valence-electron chi connectivity index (χ3n) is 2.09. The van der Waals surface area contributed by atoms with Gasteiger partial charge in [-0.15, -0.1) is 0 Å². The van der Waals surface area contributed by atoms with E-state index < -0.39 is 4.75 Å². The Balaban J connectivity index is 2.49. The lowest BCUT2D eigenvalue weighted by molar-refractivity contribution is -0.145. The second-order valence-electron chi connectivity index (χ2n) is 2.96. The number of ether oxygens (including phenoxy) is 1. The molecule has 1 saturated carbocycles. The molecule has 2 nitrogen and oxygen atoms in total. The lowest BCUT2D eigenvalue weighted by atomic mass is 10.1. The number of hydrogen-bond acceptors (Lipinski definition) is 3. The summed E-state index contributed by atoms with van der Waals surface area (Å²) in [6.07, 6.45) is 3.94. The van der Waals surface area contributed by atoms with Crippen molar-refractivity contribution in [3.63, 3.8) is 0 Å². The molecule has 0 aromatic carbocycles. The zero-order chi connectivity index (χ0) is 8.32. The number of esters is 1. The van der Waals surface area contributed by atoms with Gasteiger partial charge in [0.05, 0.1) is 6.61 Å². The zero-order valence-electron chi connectivity index (χ0n) is 6.80. The van der Waals surface area contributed by atoms with Crippen LogP contribution in [-0.4, -0.2) is 17.3 Å². The van der Waals surface area contributed by atoms with E-state index in [0.717, 1.165) is 25.7 Å². The lowest BCUT2D eigenvalue weighted by Crippen LogP contribution is -2.31. The molecule has 1 fully saturated rings. The molecule has 1 aliphatic carbocycles. The van der Waals surface area contributed by atoms with Crippen LogP contribution in [0.1, 0.15) is 32.6 Å². The standard InChI is InChI=1S/C8H14O2S/c1-2-10-7(9)8(11)5-3-4-6-8/h11H,2-6H2,1H3. The molecule has 3 heteroatoms. The first kappa shape index (κ1) is 8.91. The van der Waals surface area contributed by atoms with Crippen molar-refractivity contribution >= 4 is 18.6 Å². The largest absolute Gasteiger partial charge is 0.465 e. The van der Waals surface area contributed by atoms with E-state index in [4.69, 9.17) is 4.74 Å². The van der Waals surface area contributed by atoms with Gasteiger partial charge in [0.2, 0.25) is 0 Å². The Kier molecular flexibility index (Phi) is 2.82. The predicted molar refractivity (Wildman–Crippen MR) is 46.8 cm³/mol. The van der Waals surface area contributed by atoms with Crippen molar-refractivity contribution in [3.05, 3.63) is 0 Å². The van der Waals surface area contributed by atoms with Gasteiger partial charge in [0.15, 0.2) is 0 Å². The molecule has 0 aromatic heterocycles. The van der Waals surface area contributed by atoms with E-state index in [1.807, 2.05) is 6.92 Å². The summed E-state index contributed by atoms with van der Waals surface area (Å²) < 4.78 is 4.45. The molecule has 0 spiro atoms. The second kappa shape index (κ2) is 3.48. The average Bonchev–Trinajstić information content (AvgIpc) is 2.38. The van der Waals surface area contributed by atoms with Gasteiger partial charge in [-0.05, 0) is 19.8 Å². The molecule has 0 radical (unpaired) electrons. The van der Waals surface area contributed by atoms with Gasteiger partial charge in [-0.2, -0.15) is 12.6 Å². The summed E-state index contributed by atoms with van der Waals surface area (Å²) in [6, 6.07) is 0. The van der Waals surface area contributed by atoms with Crippen LogP contribution in [0.15, 0.2) is 0 Å². The molecule has 1 rings (SSSR count). The molecule has 0 N–H and O–H groups in total.